The van der Waals surface area contributed by atoms with Gasteiger partial charge in [0.2, 0.25) is 0 Å². The number of carbonyl (C=O) groups is 1. The van der Waals surface area contributed by atoms with Crippen LogP contribution >= 0.6 is 0 Å². The van der Waals surface area contributed by atoms with E-state index in [-0.39, 0.29) is 11.3 Å². The lowest BCUT2D eigenvalue weighted by molar-refractivity contribution is -0.137. The van der Waals surface area contributed by atoms with Crippen molar-refractivity contribution in [1.82, 2.24) is 14.7 Å². The maximum Gasteiger partial charge on any atom is 0.417 e. The number of benzene rings is 1. The van der Waals surface area contributed by atoms with Gasteiger partial charge in [-0.05, 0) is 43.2 Å². The van der Waals surface area contributed by atoms with E-state index in [9.17, 15) is 18.0 Å². The molecule has 0 radical (unpaired) electrons. The molecule has 0 bridgehead atoms. The number of nitrogens with one attached hydrogen (secondary N) is 1. The van der Waals surface area contributed by atoms with Crippen LogP contribution in [-0.2, 0) is 12.6 Å². The number of aromatic nitrogens is 2. The number of halogens is 3. The molecule has 154 valence electrons. The van der Waals surface area contributed by atoms with Gasteiger partial charge >= 0.3 is 6.18 Å². The van der Waals surface area contributed by atoms with Gasteiger partial charge < -0.3 is 14.8 Å². The summed E-state index contributed by atoms with van der Waals surface area (Å²) in [4.78, 5) is 16.8. The molecule has 2 aromatic heterocycles. The molecule has 0 fully saturated rings. The molecule has 2 heterocycles. The zero-order valence-electron chi connectivity index (χ0n) is 16.1. The van der Waals surface area contributed by atoms with Crippen molar-refractivity contribution in [2.24, 2.45) is 0 Å². The molecule has 3 aromatic rings. The summed E-state index contributed by atoms with van der Waals surface area (Å²) in [6.45, 7) is 1.88. The van der Waals surface area contributed by atoms with Gasteiger partial charge in [-0.1, -0.05) is 6.07 Å². The van der Waals surface area contributed by atoms with E-state index < -0.39 is 17.6 Å². The van der Waals surface area contributed by atoms with Crippen molar-refractivity contribution in [3.63, 3.8) is 0 Å². The number of alkyl halides is 3. The fraction of sp³-hybridized carbons (Fsp3) is 0.300. The zero-order valence-corrected chi connectivity index (χ0v) is 16.1. The Morgan fingerprint density at radius 3 is 2.52 bits per heavy atom. The molecule has 9 heteroatoms. The third kappa shape index (κ3) is 4.28. The van der Waals surface area contributed by atoms with Crippen LogP contribution in [-0.4, -0.2) is 36.1 Å². The molecule has 0 saturated carbocycles. The highest BCUT2D eigenvalue weighted by Gasteiger charge is 2.31. The van der Waals surface area contributed by atoms with Crippen LogP contribution in [0.4, 0.5) is 13.2 Å². The number of amides is 1. The number of ether oxygens (including phenoxy) is 2. The third-order valence-corrected chi connectivity index (χ3v) is 4.48. The molecule has 0 aliphatic rings. The fourth-order valence-corrected chi connectivity index (χ4v) is 3.04. The van der Waals surface area contributed by atoms with Crippen molar-refractivity contribution < 1.29 is 27.4 Å². The number of imidazole rings is 1. The van der Waals surface area contributed by atoms with Crippen molar-refractivity contribution in [2.75, 3.05) is 20.8 Å². The van der Waals surface area contributed by atoms with Crippen LogP contribution in [0, 0.1) is 6.92 Å². The molecule has 0 saturated heterocycles. The molecular formula is C20H20F3N3O3. The summed E-state index contributed by atoms with van der Waals surface area (Å²) in [5, 5.41) is 2.74. The van der Waals surface area contributed by atoms with E-state index in [4.69, 9.17) is 9.47 Å². The predicted molar refractivity (Wildman–Crippen MR) is 101 cm³/mol. The number of hydrogen-bond acceptors (Lipinski definition) is 4. The monoisotopic (exact) mass is 407 g/mol. The average molecular weight is 407 g/mol. The van der Waals surface area contributed by atoms with E-state index >= 15 is 0 Å². The van der Waals surface area contributed by atoms with Crippen molar-refractivity contribution in [3.8, 4) is 11.5 Å². The molecule has 1 amide bonds. The molecule has 0 atom stereocenters. The lowest BCUT2D eigenvalue weighted by Gasteiger charge is -2.11. The lowest BCUT2D eigenvalue weighted by Crippen LogP contribution is -2.27. The molecule has 3 rings (SSSR count). The summed E-state index contributed by atoms with van der Waals surface area (Å²) in [5.41, 5.74) is 0.783. The number of aryl methyl sites for hydroxylation is 1. The molecular weight excluding hydrogens is 387 g/mol. The number of hydrogen-bond donors (Lipinski definition) is 1. The Kier molecular flexibility index (Phi) is 5.67. The van der Waals surface area contributed by atoms with Gasteiger partial charge in [0.05, 0.1) is 25.5 Å². The minimum absolute atomic E-state index is 0.0819. The van der Waals surface area contributed by atoms with Gasteiger partial charge in [-0.25, -0.2) is 4.98 Å². The predicted octanol–water partition coefficient (Wildman–Crippen LogP) is 3.65. The molecule has 0 spiro atoms. The Morgan fingerprint density at radius 2 is 1.86 bits per heavy atom. The van der Waals surface area contributed by atoms with Crippen LogP contribution in [0.3, 0.4) is 0 Å². The number of nitrogens with zero attached hydrogens (tertiary/aromatic N) is 2. The van der Waals surface area contributed by atoms with Crippen LogP contribution < -0.4 is 14.8 Å². The highest BCUT2D eigenvalue weighted by Crippen LogP contribution is 2.30. The van der Waals surface area contributed by atoms with Crippen LogP contribution in [0.25, 0.3) is 5.65 Å². The summed E-state index contributed by atoms with van der Waals surface area (Å²) < 4.78 is 50.6. The number of pyridine rings is 1. The summed E-state index contributed by atoms with van der Waals surface area (Å²) >= 11 is 0. The molecule has 6 nitrogen and oxygen atoms in total. The van der Waals surface area contributed by atoms with Gasteiger partial charge in [0, 0.05) is 12.7 Å². The minimum atomic E-state index is -4.51. The normalized spacial score (nSPS) is 11.5. The topological polar surface area (TPSA) is 64.9 Å². The van der Waals surface area contributed by atoms with Gasteiger partial charge in [0.15, 0.2) is 11.5 Å². The number of fused-ring (bicyclic) bond motifs is 1. The van der Waals surface area contributed by atoms with Gasteiger partial charge in [0.1, 0.15) is 11.3 Å². The Bertz CT molecular complexity index is 1040. The van der Waals surface area contributed by atoms with E-state index in [1.807, 2.05) is 6.07 Å². The van der Waals surface area contributed by atoms with Crippen molar-refractivity contribution in [2.45, 2.75) is 19.5 Å². The molecule has 1 aromatic carbocycles. The van der Waals surface area contributed by atoms with Crippen molar-refractivity contribution >= 4 is 11.6 Å². The Morgan fingerprint density at radius 1 is 1.14 bits per heavy atom. The Labute approximate surface area is 165 Å². The minimum Gasteiger partial charge on any atom is -0.493 e. The maximum absolute atomic E-state index is 13.0. The molecule has 0 unspecified atom stereocenters. The summed E-state index contributed by atoms with van der Waals surface area (Å²) in [7, 11) is 3.08. The average Bonchev–Trinajstić information content (AvgIpc) is 3.01. The first-order valence-electron chi connectivity index (χ1n) is 8.79. The Balaban J connectivity index is 1.76. The van der Waals surface area contributed by atoms with Crippen LogP contribution in [0.2, 0.25) is 0 Å². The standard InChI is InChI=1S/C20H20F3N3O3/c1-12-18(26-11-14(20(21,22)23)5-7-17(26)25-12)19(27)24-9-8-13-4-6-15(28-2)16(10-13)29-3/h4-7,10-11H,8-9H2,1-3H3,(H,24,27). The fourth-order valence-electron chi connectivity index (χ4n) is 3.04. The molecule has 0 aliphatic carbocycles. The maximum atomic E-state index is 13.0. The van der Waals surface area contributed by atoms with E-state index in [0.717, 1.165) is 17.8 Å². The largest absolute Gasteiger partial charge is 0.493 e. The van der Waals surface area contributed by atoms with E-state index in [1.165, 1.54) is 17.6 Å². The van der Waals surface area contributed by atoms with Gasteiger partial charge in [0.25, 0.3) is 5.91 Å². The van der Waals surface area contributed by atoms with Gasteiger partial charge in [-0.3, -0.25) is 9.20 Å². The summed E-state index contributed by atoms with van der Waals surface area (Å²) in [6, 6.07) is 7.61. The van der Waals surface area contributed by atoms with E-state index in [2.05, 4.69) is 10.3 Å². The smallest absolute Gasteiger partial charge is 0.417 e. The highest BCUT2D eigenvalue weighted by molar-refractivity contribution is 5.94. The van der Waals surface area contributed by atoms with E-state index in [0.29, 0.717) is 30.2 Å². The summed E-state index contributed by atoms with van der Waals surface area (Å²) in [6.07, 6.45) is -3.11. The first-order valence-corrected chi connectivity index (χ1v) is 8.79. The van der Waals surface area contributed by atoms with Crippen LogP contribution in [0.15, 0.2) is 36.5 Å². The second-order valence-corrected chi connectivity index (χ2v) is 6.38. The first-order chi connectivity index (χ1) is 13.7. The first kappa shape index (κ1) is 20.5. The lowest BCUT2D eigenvalue weighted by atomic mass is 10.1. The number of methoxy groups -OCH3 is 2. The molecule has 1 N–H and O–H groups in total. The quantitative estimate of drug-likeness (QED) is 0.678. The van der Waals surface area contributed by atoms with Crippen molar-refractivity contribution in [3.05, 3.63) is 59.0 Å². The van der Waals surface area contributed by atoms with E-state index in [1.54, 1.807) is 26.2 Å². The Hall–Kier alpha value is -3.23. The molecule has 0 aliphatic heterocycles. The zero-order chi connectivity index (χ0) is 21.2. The number of rotatable bonds is 6. The second kappa shape index (κ2) is 8.02. The SMILES string of the molecule is COc1ccc(CCNC(=O)c2c(C)nc3ccc(C(F)(F)F)cn23)cc1OC. The van der Waals surface area contributed by atoms with Crippen LogP contribution in [0.5, 0.6) is 11.5 Å². The van der Waals surface area contributed by atoms with Gasteiger partial charge in [-0.15, -0.1) is 0 Å². The van der Waals surface area contributed by atoms with Crippen molar-refractivity contribution in [1.29, 1.82) is 0 Å². The third-order valence-electron chi connectivity index (χ3n) is 4.48. The second-order valence-electron chi connectivity index (χ2n) is 6.38. The highest BCUT2D eigenvalue weighted by atomic mass is 19.4. The summed E-state index contributed by atoms with van der Waals surface area (Å²) in [5.74, 6) is 0.686. The molecule has 29 heavy (non-hydrogen) atoms. The van der Waals surface area contributed by atoms with Gasteiger partial charge in [-0.2, -0.15) is 13.2 Å². The number of carbonyl (C=O) groups excluding carboxylic acids is 1. The van der Waals surface area contributed by atoms with Crippen LogP contribution in [0.1, 0.15) is 27.3 Å².